The molecule has 3 aromatic heterocycles. The van der Waals surface area contributed by atoms with Crippen molar-refractivity contribution >= 4 is 34.4 Å². The summed E-state index contributed by atoms with van der Waals surface area (Å²) in [6.07, 6.45) is 3.38. The summed E-state index contributed by atoms with van der Waals surface area (Å²) in [6, 6.07) is 6.05. The Bertz CT molecular complexity index is 1590. The standard InChI is InChI=1S/C22H15ClFN7O3/c23-13-5-15(14(24)4-12(13)10-2-16-20(25-8-10)30-34-29-16)26-21(33)22-6-11-1-9-3-18(32)27-28-19(9)17(7-22)31(11)22/h2-5,8,11,17H,1,6-7H2,(H,26,33)(H,27,32)/t11?,17-,22?/m1/s1. The van der Waals surface area contributed by atoms with Crippen molar-refractivity contribution < 1.29 is 13.8 Å². The van der Waals surface area contributed by atoms with Crippen LogP contribution in [0.2, 0.25) is 5.02 Å². The number of pyridine rings is 1. The number of halogens is 2. The van der Waals surface area contributed by atoms with E-state index in [1.54, 1.807) is 12.1 Å². The van der Waals surface area contributed by atoms with Gasteiger partial charge in [-0.3, -0.25) is 14.5 Å². The second-order valence-corrected chi connectivity index (χ2v) is 9.37. The van der Waals surface area contributed by atoms with Gasteiger partial charge in [0.25, 0.3) is 5.56 Å². The van der Waals surface area contributed by atoms with Gasteiger partial charge in [-0.05, 0) is 53.3 Å². The fourth-order valence-corrected chi connectivity index (χ4v) is 5.95. The van der Waals surface area contributed by atoms with E-state index in [2.05, 4.69) is 40.3 Å². The molecule has 3 aliphatic heterocycles. The van der Waals surface area contributed by atoms with Crippen LogP contribution >= 0.6 is 11.6 Å². The quantitative estimate of drug-likeness (QED) is 0.458. The number of rotatable bonds is 3. The molecule has 2 fully saturated rings. The van der Waals surface area contributed by atoms with Crippen LogP contribution in [0.25, 0.3) is 22.3 Å². The molecule has 6 heterocycles. The van der Waals surface area contributed by atoms with Crippen LogP contribution in [0.4, 0.5) is 10.1 Å². The van der Waals surface area contributed by atoms with E-state index in [-0.39, 0.29) is 34.3 Å². The Morgan fingerprint density at radius 1 is 1.26 bits per heavy atom. The largest absolute Gasteiger partial charge is 0.322 e. The first-order valence-electron chi connectivity index (χ1n) is 10.7. The average Bonchev–Trinajstić information content (AvgIpc) is 3.25. The van der Waals surface area contributed by atoms with Crippen molar-refractivity contribution in [1.29, 1.82) is 0 Å². The molecule has 1 amide bonds. The molecule has 0 radical (unpaired) electrons. The SMILES string of the molecule is O=C(Nc1cc(Cl)c(-c2cnc3nonc3c2)cc1F)C12CC3Cc4cc(=O)[nH]nc4[C@@H](C1)N32. The first-order valence-corrected chi connectivity index (χ1v) is 11.1. The van der Waals surface area contributed by atoms with Gasteiger partial charge < -0.3 is 5.32 Å². The number of amides is 1. The molecule has 0 saturated carbocycles. The van der Waals surface area contributed by atoms with Crippen molar-refractivity contribution in [3.8, 4) is 11.1 Å². The molecule has 3 aliphatic rings. The number of hydrogen-bond donors (Lipinski definition) is 2. The lowest BCUT2D eigenvalue weighted by molar-refractivity contribution is -0.207. The smallest absolute Gasteiger partial charge is 0.264 e. The summed E-state index contributed by atoms with van der Waals surface area (Å²) >= 11 is 6.44. The van der Waals surface area contributed by atoms with Gasteiger partial charge in [0.2, 0.25) is 11.6 Å². The van der Waals surface area contributed by atoms with Crippen molar-refractivity contribution in [2.45, 2.75) is 36.9 Å². The van der Waals surface area contributed by atoms with Gasteiger partial charge in [-0.2, -0.15) is 5.10 Å². The van der Waals surface area contributed by atoms with Crippen LogP contribution in [0.15, 0.2) is 39.9 Å². The van der Waals surface area contributed by atoms with Crippen LogP contribution in [0.3, 0.4) is 0 Å². The molecule has 3 atom stereocenters. The van der Waals surface area contributed by atoms with Crippen LogP contribution in [-0.2, 0) is 11.2 Å². The van der Waals surface area contributed by atoms with E-state index in [9.17, 15) is 9.59 Å². The third-order valence-corrected chi connectivity index (χ3v) is 7.48. The molecule has 170 valence electrons. The molecule has 2 N–H and O–H groups in total. The zero-order valence-corrected chi connectivity index (χ0v) is 18.1. The van der Waals surface area contributed by atoms with Gasteiger partial charge in [-0.1, -0.05) is 11.6 Å². The van der Waals surface area contributed by atoms with Gasteiger partial charge in [0.1, 0.15) is 11.4 Å². The predicted molar refractivity (Wildman–Crippen MR) is 118 cm³/mol. The maximum Gasteiger partial charge on any atom is 0.264 e. The highest BCUT2D eigenvalue weighted by Crippen LogP contribution is 2.61. The number of aromatic amines is 1. The second kappa shape index (κ2) is 6.67. The molecular weight excluding hydrogens is 465 g/mol. The Kier molecular flexibility index (Phi) is 3.87. The lowest BCUT2D eigenvalue weighted by Gasteiger charge is -2.70. The van der Waals surface area contributed by atoms with Gasteiger partial charge in [0.05, 0.1) is 22.4 Å². The number of nitrogens with zero attached hydrogens (tertiary/aromatic N) is 5. The van der Waals surface area contributed by atoms with Crippen molar-refractivity contribution in [3.05, 3.63) is 62.9 Å². The maximum atomic E-state index is 15.0. The summed E-state index contributed by atoms with van der Waals surface area (Å²) in [5.74, 6) is -0.884. The number of carbonyl (C=O) groups is 1. The summed E-state index contributed by atoms with van der Waals surface area (Å²) in [5.41, 5.74) is 2.55. The van der Waals surface area contributed by atoms with E-state index in [0.29, 0.717) is 41.6 Å². The normalized spacial score (nSPS) is 24.6. The fraction of sp³-hybridized carbons (Fsp3) is 0.273. The molecule has 2 saturated heterocycles. The number of benzene rings is 1. The lowest BCUT2D eigenvalue weighted by atomic mass is 9.59. The first-order chi connectivity index (χ1) is 16.4. The van der Waals surface area contributed by atoms with E-state index in [1.165, 1.54) is 18.3 Å². The van der Waals surface area contributed by atoms with Crippen LogP contribution in [0, 0.1) is 5.82 Å². The Labute approximate surface area is 195 Å². The zero-order chi connectivity index (χ0) is 23.2. The topological polar surface area (TPSA) is 130 Å². The van der Waals surface area contributed by atoms with Crippen molar-refractivity contribution in [3.63, 3.8) is 0 Å². The second-order valence-electron chi connectivity index (χ2n) is 8.96. The maximum absolute atomic E-state index is 15.0. The monoisotopic (exact) mass is 479 g/mol. The molecule has 12 heteroatoms. The minimum Gasteiger partial charge on any atom is -0.322 e. The molecule has 4 aromatic rings. The Hall–Kier alpha value is -3.70. The van der Waals surface area contributed by atoms with Gasteiger partial charge in [0.15, 0.2) is 5.52 Å². The van der Waals surface area contributed by atoms with Crippen LogP contribution in [0.5, 0.6) is 0 Å². The van der Waals surface area contributed by atoms with Crippen molar-refractivity contribution in [2.24, 2.45) is 0 Å². The van der Waals surface area contributed by atoms with Gasteiger partial charge in [-0.15, -0.1) is 0 Å². The molecule has 34 heavy (non-hydrogen) atoms. The number of H-pyrrole nitrogens is 1. The zero-order valence-electron chi connectivity index (χ0n) is 17.4. The van der Waals surface area contributed by atoms with Gasteiger partial charge in [0, 0.05) is 29.4 Å². The summed E-state index contributed by atoms with van der Waals surface area (Å²) in [6.45, 7) is 0. The van der Waals surface area contributed by atoms with Crippen LogP contribution < -0.4 is 10.9 Å². The van der Waals surface area contributed by atoms with Gasteiger partial charge >= 0.3 is 0 Å². The molecule has 0 spiro atoms. The minimum absolute atomic E-state index is 0.0111. The number of aromatic nitrogens is 5. The Morgan fingerprint density at radius 3 is 3.03 bits per heavy atom. The molecule has 7 rings (SSSR count). The lowest BCUT2D eigenvalue weighted by Crippen LogP contribution is -2.81. The third kappa shape index (κ3) is 2.59. The van der Waals surface area contributed by atoms with E-state index >= 15 is 4.39 Å². The highest BCUT2D eigenvalue weighted by Gasteiger charge is 2.69. The van der Waals surface area contributed by atoms with Crippen molar-refractivity contribution in [2.75, 3.05) is 5.32 Å². The summed E-state index contributed by atoms with van der Waals surface area (Å²) in [4.78, 5) is 31.1. The fourth-order valence-electron chi connectivity index (χ4n) is 5.67. The number of fused-ring (bicyclic) bond motifs is 3. The molecule has 1 aromatic carbocycles. The van der Waals surface area contributed by atoms with E-state index < -0.39 is 11.4 Å². The van der Waals surface area contributed by atoms with Gasteiger partial charge in [-0.25, -0.2) is 19.1 Å². The van der Waals surface area contributed by atoms with Crippen LogP contribution in [0.1, 0.15) is 30.1 Å². The Morgan fingerprint density at radius 2 is 2.15 bits per heavy atom. The van der Waals surface area contributed by atoms with E-state index in [4.69, 9.17) is 11.6 Å². The average molecular weight is 480 g/mol. The van der Waals surface area contributed by atoms with E-state index in [1.807, 2.05) is 0 Å². The summed E-state index contributed by atoms with van der Waals surface area (Å²) in [7, 11) is 0. The Balaban J connectivity index is 1.15. The first kappa shape index (κ1) is 19.7. The van der Waals surface area contributed by atoms with Crippen molar-refractivity contribution in [1.82, 2.24) is 30.4 Å². The molecule has 10 nitrogen and oxygen atoms in total. The number of hydrogen-bond acceptors (Lipinski definition) is 8. The minimum atomic E-state index is -0.697. The molecular formula is C22H15ClFN7O3. The van der Waals surface area contributed by atoms with Crippen LogP contribution in [-0.4, -0.2) is 47.9 Å². The number of piperidine rings is 1. The third-order valence-electron chi connectivity index (χ3n) is 7.17. The van der Waals surface area contributed by atoms with E-state index in [0.717, 1.165) is 11.3 Å². The molecule has 2 unspecified atom stereocenters. The molecule has 0 aliphatic carbocycles. The number of nitrogens with one attached hydrogen (secondary N) is 2. The number of carbonyl (C=O) groups excluding carboxylic acids is 1. The summed E-state index contributed by atoms with van der Waals surface area (Å²) in [5, 5.41) is 17.1. The predicted octanol–water partition coefficient (Wildman–Crippen LogP) is 2.61. The molecule has 0 bridgehead atoms. The number of anilines is 1. The summed E-state index contributed by atoms with van der Waals surface area (Å²) < 4.78 is 19.7. The highest BCUT2D eigenvalue weighted by molar-refractivity contribution is 6.33. The highest BCUT2D eigenvalue weighted by atomic mass is 35.5.